The van der Waals surface area contributed by atoms with E-state index in [0.717, 1.165) is 5.56 Å². The number of thiophene rings is 1. The van der Waals surface area contributed by atoms with Crippen LogP contribution in [0, 0.1) is 10.1 Å². The Balaban J connectivity index is 0.00000144. The van der Waals surface area contributed by atoms with Crippen LogP contribution in [0.3, 0.4) is 0 Å². The molecule has 1 aromatic heterocycles. The van der Waals surface area contributed by atoms with Crippen LogP contribution in [-0.4, -0.2) is 4.92 Å². The first-order valence-corrected chi connectivity index (χ1v) is 5.65. The standard InChI is InChI=1S/C11H10N2O2S.ClH/c12-11(8-5-6-16-7-8)9-3-1-2-4-10(9)13(14)15;/h1-7,11H,12H2;1H/t11-;/m1./s1. The molecular weight excluding hydrogens is 260 g/mol. The molecule has 6 heteroatoms. The lowest BCUT2D eigenvalue weighted by Gasteiger charge is -2.10. The molecule has 2 rings (SSSR count). The summed E-state index contributed by atoms with van der Waals surface area (Å²) in [6.45, 7) is 0. The average Bonchev–Trinajstić information content (AvgIpc) is 2.81. The van der Waals surface area contributed by atoms with E-state index < -0.39 is 11.0 Å². The number of para-hydroxylation sites is 1. The quantitative estimate of drug-likeness (QED) is 0.688. The normalized spacial score (nSPS) is 11.6. The Kier molecular flexibility index (Phi) is 4.62. The van der Waals surface area contributed by atoms with Gasteiger partial charge in [0.2, 0.25) is 0 Å². The van der Waals surface area contributed by atoms with Crippen molar-refractivity contribution in [2.24, 2.45) is 5.73 Å². The number of nitrogens with zero attached hydrogens (tertiary/aromatic N) is 1. The highest BCUT2D eigenvalue weighted by atomic mass is 35.5. The molecule has 90 valence electrons. The highest BCUT2D eigenvalue weighted by Crippen LogP contribution is 2.28. The molecule has 0 bridgehead atoms. The molecule has 1 atom stereocenters. The first-order chi connectivity index (χ1) is 7.70. The van der Waals surface area contributed by atoms with Crippen molar-refractivity contribution in [1.82, 2.24) is 0 Å². The summed E-state index contributed by atoms with van der Waals surface area (Å²) in [6.07, 6.45) is 0. The fraction of sp³-hybridized carbons (Fsp3) is 0.0909. The molecule has 0 spiro atoms. The highest BCUT2D eigenvalue weighted by molar-refractivity contribution is 7.08. The summed E-state index contributed by atoms with van der Waals surface area (Å²) < 4.78 is 0. The second-order valence-corrected chi connectivity index (χ2v) is 4.13. The van der Waals surface area contributed by atoms with Crippen LogP contribution in [0.5, 0.6) is 0 Å². The number of benzene rings is 1. The molecule has 0 saturated heterocycles. The van der Waals surface area contributed by atoms with Crippen molar-refractivity contribution in [2.75, 3.05) is 0 Å². The van der Waals surface area contributed by atoms with E-state index in [2.05, 4.69) is 0 Å². The summed E-state index contributed by atoms with van der Waals surface area (Å²) in [7, 11) is 0. The van der Waals surface area contributed by atoms with Gasteiger partial charge in [-0.25, -0.2) is 0 Å². The third kappa shape index (κ3) is 2.82. The number of nitro benzene ring substituents is 1. The van der Waals surface area contributed by atoms with Crippen LogP contribution in [0.15, 0.2) is 41.1 Å². The molecule has 0 aliphatic heterocycles. The molecule has 1 heterocycles. The van der Waals surface area contributed by atoms with Crippen LogP contribution in [-0.2, 0) is 0 Å². The molecule has 0 unspecified atom stereocenters. The Bertz CT molecular complexity index is 502. The predicted octanol–water partition coefficient (Wildman–Crippen LogP) is 3.13. The van der Waals surface area contributed by atoms with Crippen LogP contribution in [0.25, 0.3) is 0 Å². The van der Waals surface area contributed by atoms with Crippen LogP contribution in [0.4, 0.5) is 5.69 Å². The smallest absolute Gasteiger partial charge is 0.274 e. The maximum atomic E-state index is 10.8. The molecule has 4 nitrogen and oxygen atoms in total. The minimum atomic E-state index is -0.437. The molecule has 0 amide bonds. The Morgan fingerprint density at radius 3 is 2.59 bits per heavy atom. The van der Waals surface area contributed by atoms with Gasteiger partial charge in [-0.2, -0.15) is 11.3 Å². The van der Waals surface area contributed by atoms with Crippen molar-refractivity contribution in [1.29, 1.82) is 0 Å². The van der Waals surface area contributed by atoms with Gasteiger partial charge in [0.25, 0.3) is 5.69 Å². The Morgan fingerprint density at radius 1 is 1.29 bits per heavy atom. The molecule has 1 aromatic carbocycles. The molecule has 2 N–H and O–H groups in total. The van der Waals surface area contributed by atoms with Gasteiger partial charge in [0.15, 0.2) is 0 Å². The Hall–Kier alpha value is -1.43. The molecule has 0 aliphatic carbocycles. The number of nitro groups is 1. The van der Waals surface area contributed by atoms with Gasteiger partial charge in [-0.3, -0.25) is 10.1 Å². The summed E-state index contributed by atoms with van der Waals surface area (Å²) in [5.74, 6) is 0. The van der Waals surface area contributed by atoms with Gasteiger partial charge in [-0.15, -0.1) is 12.4 Å². The number of hydrogen-bond donors (Lipinski definition) is 1. The number of nitrogens with two attached hydrogens (primary N) is 1. The van der Waals surface area contributed by atoms with E-state index in [-0.39, 0.29) is 18.1 Å². The average molecular weight is 271 g/mol. The van der Waals surface area contributed by atoms with Gasteiger partial charge in [-0.1, -0.05) is 18.2 Å². The Morgan fingerprint density at radius 2 is 2.00 bits per heavy atom. The zero-order valence-electron chi connectivity index (χ0n) is 8.78. The number of halogens is 1. The minimum Gasteiger partial charge on any atom is -0.320 e. The maximum Gasteiger partial charge on any atom is 0.274 e. The second-order valence-electron chi connectivity index (χ2n) is 3.35. The summed E-state index contributed by atoms with van der Waals surface area (Å²) >= 11 is 1.53. The molecule has 17 heavy (non-hydrogen) atoms. The molecule has 0 fully saturated rings. The first kappa shape index (κ1) is 13.6. The topological polar surface area (TPSA) is 69.2 Å². The minimum absolute atomic E-state index is 0. The third-order valence-electron chi connectivity index (χ3n) is 2.37. The second kappa shape index (κ2) is 5.77. The summed E-state index contributed by atoms with van der Waals surface area (Å²) in [4.78, 5) is 10.4. The monoisotopic (exact) mass is 270 g/mol. The van der Waals surface area contributed by atoms with E-state index in [1.807, 2.05) is 16.8 Å². The van der Waals surface area contributed by atoms with E-state index in [0.29, 0.717) is 5.56 Å². The summed E-state index contributed by atoms with van der Waals surface area (Å²) in [5.41, 5.74) is 7.52. The van der Waals surface area contributed by atoms with Gasteiger partial charge in [-0.05, 0) is 22.4 Å². The maximum absolute atomic E-state index is 10.8. The third-order valence-corrected chi connectivity index (χ3v) is 3.07. The van der Waals surface area contributed by atoms with Crippen molar-refractivity contribution in [3.05, 3.63) is 62.3 Å². The van der Waals surface area contributed by atoms with Crippen molar-refractivity contribution >= 4 is 29.4 Å². The van der Waals surface area contributed by atoms with Crippen LogP contribution >= 0.6 is 23.7 Å². The van der Waals surface area contributed by atoms with Crippen LogP contribution < -0.4 is 5.73 Å². The van der Waals surface area contributed by atoms with E-state index in [4.69, 9.17) is 5.73 Å². The van der Waals surface area contributed by atoms with E-state index >= 15 is 0 Å². The molecule has 0 saturated carbocycles. The number of rotatable bonds is 3. The van der Waals surface area contributed by atoms with Gasteiger partial charge in [0.05, 0.1) is 16.5 Å². The highest BCUT2D eigenvalue weighted by Gasteiger charge is 2.19. The zero-order valence-corrected chi connectivity index (χ0v) is 10.4. The van der Waals surface area contributed by atoms with Crippen molar-refractivity contribution in [2.45, 2.75) is 6.04 Å². The molecule has 0 radical (unpaired) electrons. The van der Waals surface area contributed by atoms with Crippen molar-refractivity contribution in [3.8, 4) is 0 Å². The van der Waals surface area contributed by atoms with E-state index in [1.165, 1.54) is 17.4 Å². The van der Waals surface area contributed by atoms with Gasteiger partial charge in [0, 0.05) is 6.07 Å². The first-order valence-electron chi connectivity index (χ1n) is 4.71. The lowest BCUT2D eigenvalue weighted by molar-refractivity contribution is -0.385. The Labute approximate surface area is 109 Å². The van der Waals surface area contributed by atoms with Crippen molar-refractivity contribution < 1.29 is 4.92 Å². The SMILES string of the molecule is Cl.N[C@H](c1ccsc1)c1ccccc1[N+](=O)[O-]. The lowest BCUT2D eigenvalue weighted by atomic mass is 10.0. The summed E-state index contributed by atoms with van der Waals surface area (Å²) in [5, 5.41) is 14.7. The van der Waals surface area contributed by atoms with Crippen molar-refractivity contribution in [3.63, 3.8) is 0 Å². The van der Waals surface area contributed by atoms with Crippen LogP contribution in [0.2, 0.25) is 0 Å². The van der Waals surface area contributed by atoms with Gasteiger partial charge >= 0.3 is 0 Å². The molecule has 2 aromatic rings. The molecule has 0 aliphatic rings. The van der Waals surface area contributed by atoms with Crippen LogP contribution in [0.1, 0.15) is 17.2 Å². The predicted molar refractivity (Wildman–Crippen MR) is 70.7 cm³/mol. The van der Waals surface area contributed by atoms with Gasteiger partial charge in [0.1, 0.15) is 0 Å². The van der Waals surface area contributed by atoms with E-state index in [1.54, 1.807) is 18.2 Å². The fourth-order valence-corrected chi connectivity index (χ4v) is 2.24. The number of hydrogen-bond acceptors (Lipinski definition) is 4. The largest absolute Gasteiger partial charge is 0.320 e. The molecular formula is C11H11ClN2O2S. The zero-order chi connectivity index (χ0) is 11.5. The fourth-order valence-electron chi connectivity index (χ4n) is 1.55. The van der Waals surface area contributed by atoms with Gasteiger partial charge < -0.3 is 5.73 Å². The van der Waals surface area contributed by atoms with E-state index in [9.17, 15) is 10.1 Å². The lowest BCUT2D eigenvalue weighted by Crippen LogP contribution is -2.12. The summed E-state index contributed by atoms with van der Waals surface area (Å²) in [6, 6.07) is 8.01.